The Kier molecular flexibility index (Phi) is 3.28. The molecule has 1 atom stereocenters. The molecule has 0 aliphatic heterocycles. The van der Waals surface area contributed by atoms with Gasteiger partial charge in [-0.05, 0) is 30.7 Å². The fourth-order valence-electron chi connectivity index (χ4n) is 2.69. The molecule has 0 bridgehead atoms. The summed E-state index contributed by atoms with van der Waals surface area (Å²) in [6, 6.07) is 7.99. The molecule has 2 heterocycles. The summed E-state index contributed by atoms with van der Waals surface area (Å²) in [5.74, 6) is 0.0878. The van der Waals surface area contributed by atoms with Gasteiger partial charge in [-0.1, -0.05) is 17.7 Å². The van der Waals surface area contributed by atoms with Crippen LogP contribution in [0.15, 0.2) is 30.5 Å². The van der Waals surface area contributed by atoms with Crippen LogP contribution in [0.25, 0.3) is 10.9 Å². The fraction of sp³-hybridized carbons (Fsp3) is 0.267. The largest absolute Gasteiger partial charge is 0.350 e. The summed E-state index contributed by atoms with van der Waals surface area (Å²) in [4.78, 5) is 0. The molecule has 0 fully saturated rings. The van der Waals surface area contributed by atoms with Crippen LogP contribution in [0.2, 0.25) is 5.02 Å². The topological polar surface area (TPSA) is 59.6 Å². The van der Waals surface area contributed by atoms with Crippen LogP contribution in [-0.2, 0) is 7.05 Å². The number of halogens is 1. The zero-order chi connectivity index (χ0) is 14.3. The van der Waals surface area contributed by atoms with Crippen LogP contribution in [0.3, 0.4) is 0 Å². The number of nitrogens with one attached hydrogen (secondary N) is 1. The molecule has 0 saturated carbocycles. The number of fused-ring (bicyclic) bond motifs is 1. The Balaban J connectivity index is 2.17. The van der Waals surface area contributed by atoms with E-state index in [0.29, 0.717) is 6.54 Å². The minimum absolute atomic E-state index is 0.0878. The van der Waals surface area contributed by atoms with Crippen molar-refractivity contribution in [1.29, 1.82) is 0 Å². The van der Waals surface area contributed by atoms with Crippen molar-refractivity contribution in [3.05, 3.63) is 52.4 Å². The molecule has 1 aromatic carbocycles. The van der Waals surface area contributed by atoms with E-state index in [4.69, 9.17) is 17.3 Å². The third-order valence-electron chi connectivity index (χ3n) is 3.68. The van der Waals surface area contributed by atoms with Crippen molar-refractivity contribution in [1.82, 2.24) is 14.8 Å². The average Bonchev–Trinajstić information content (AvgIpc) is 2.97. The second-order valence-corrected chi connectivity index (χ2v) is 5.56. The predicted molar refractivity (Wildman–Crippen MR) is 82.2 cm³/mol. The molecule has 0 aliphatic carbocycles. The van der Waals surface area contributed by atoms with Crippen LogP contribution >= 0.6 is 11.6 Å². The highest BCUT2D eigenvalue weighted by molar-refractivity contribution is 6.31. The number of rotatable bonds is 3. The summed E-state index contributed by atoms with van der Waals surface area (Å²) < 4.78 is 2.08. The number of aromatic amines is 1. The molecule has 3 aromatic rings. The van der Waals surface area contributed by atoms with Gasteiger partial charge in [-0.15, -0.1) is 0 Å². The monoisotopic (exact) mass is 288 g/mol. The van der Waals surface area contributed by atoms with Crippen molar-refractivity contribution < 1.29 is 0 Å². The number of H-pyrrole nitrogens is 1. The smallest absolute Gasteiger partial charge is 0.0713 e. The van der Waals surface area contributed by atoms with E-state index in [-0.39, 0.29) is 5.92 Å². The quantitative estimate of drug-likeness (QED) is 0.778. The molecule has 0 saturated heterocycles. The predicted octanol–water partition coefficient (Wildman–Crippen LogP) is 2.95. The van der Waals surface area contributed by atoms with Crippen molar-refractivity contribution in [3.63, 3.8) is 0 Å². The van der Waals surface area contributed by atoms with Gasteiger partial charge >= 0.3 is 0 Å². The molecule has 0 spiro atoms. The van der Waals surface area contributed by atoms with E-state index in [1.807, 2.05) is 32.2 Å². The number of hydrogen-bond donors (Lipinski definition) is 2. The van der Waals surface area contributed by atoms with Crippen LogP contribution in [0.1, 0.15) is 22.9 Å². The van der Waals surface area contributed by atoms with Gasteiger partial charge in [-0.3, -0.25) is 5.10 Å². The van der Waals surface area contributed by atoms with Crippen LogP contribution < -0.4 is 5.73 Å². The molecular formula is C15H17ClN4. The SMILES string of the molecule is Cc1cc(C(CN)c2cn(C)c3cc(Cl)ccc23)n[nH]1. The summed E-state index contributed by atoms with van der Waals surface area (Å²) in [6.07, 6.45) is 2.11. The third-order valence-corrected chi connectivity index (χ3v) is 3.91. The second-order valence-electron chi connectivity index (χ2n) is 5.12. The minimum atomic E-state index is 0.0878. The first-order chi connectivity index (χ1) is 9.60. The summed E-state index contributed by atoms with van der Waals surface area (Å²) in [5.41, 5.74) is 10.3. The van der Waals surface area contributed by atoms with E-state index >= 15 is 0 Å². The lowest BCUT2D eigenvalue weighted by Gasteiger charge is -2.11. The maximum atomic E-state index is 6.08. The lowest BCUT2D eigenvalue weighted by atomic mass is 9.95. The van der Waals surface area contributed by atoms with Crippen molar-refractivity contribution >= 4 is 22.5 Å². The van der Waals surface area contributed by atoms with Crippen molar-refractivity contribution in [2.24, 2.45) is 12.8 Å². The fourth-order valence-corrected chi connectivity index (χ4v) is 2.86. The standard InChI is InChI=1S/C15H17ClN4/c1-9-5-14(19-18-9)12(7-17)13-8-20(2)15-6-10(16)3-4-11(13)15/h3-6,8,12H,7,17H2,1-2H3,(H,18,19). The molecule has 2 aromatic heterocycles. The van der Waals surface area contributed by atoms with E-state index in [1.54, 1.807) is 0 Å². The van der Waals surface area contributed by atoms with Gasteiger partial charge in [0.05, 0.1) is 5.69 Å². The maximum Gasteiger partial charge on any atom is 0.0713 e. The first kappa shape index (κ1) is 13.2. The van der Waals surface area contributed by atoms with E-state index in [9.17, 15) is 0 Å². The molecular weight excluding hydrogens is 272 g/mol. The Morgan fingerprint density at radius 3 is 2.85 bits per heavy atom. The Morgan fingerprint density at radius 2 is 2.20 bits per heavy atom. The van der Waals surface area contributed by atoms with Gasteiger partial charge in [-0.2, -0.15) is 5.10 Å². The van der Waals surface area contributed by atoms with Gasteiger partial charge in [0.15, 0.2) is 0 Å². The van der Waals surface area contributed by atoms with Crippen LogP contribution in [-0.4, -0.2) is 21.3 Å². The van der Waals surface area contributed by atoms with Gasteiger partial charge in [0.2, 0.25) is 0 Å². The van der Waals surface area contributed by atoms with Gasteiger partial charge in [0.1, 0.15) is 0 Å². The zero-order valence-corrected chi connectivity index (χ0v) is 12.3. The molecule has 3 rings (SSSR count). The minimum Gasteiger partial charge on any atom is -0.350 e. The molecule has 1 unspecified atom stereocenters. The Labute approximate surface area is 122 Å². The highest BCUT2D eigenvalue weighted by atomic mass is 35.5. The molecule has 20 heavy (non-hydrogen) atoms. The molecule has 0 radical (unpaired) electrons. The van der Waals surface area contributed by atoms with E-state index < -0.39 is 0 Å². The number of aromatic nitrogens is 3. The Morgan fingerprint density at radius 1 is 1.40 bits per heavy atom. The average molecular weight is 289 g/mol. The first-order valence-corrected chi connectivity index (χ1v) is 6.94. The van der Waals surface area contributed by atoms with Crippen LogP contribution in [0.5, 0.6) is 0 Å². The van der Waals surface area contributed by atoms with Gasteiger partial charge < -0.3 is 10.3 Å². The van der Waals surface area contributed by atoms with E-state index in [0.717, 1.165) is 21.9 Å². The maximum absolute atomic E-state index is 6.08. The van der Waals surface area contributed by atoms with E-state index in [1.165, 1.54) is 10.9 Å². The van der Waals surface area contributed by atoms with Gasteiger partial charge in [-0.25, -0.2) is 0 Å². The van der Waals surface area contributed by atoms with Gasteiger partial charge in [0.25, 0.3) is 0 Å². The highest BCUT2D eigenvalue weighted by Crippen LogP contribution is 2.32. The molecule has 4 nitrogen and oxygen atoms in total. The number of nitrogens with two attached hydrogens (primary N) is 1. The summed E-state index contributed by atoms with van der Waals surface area (Å²) in [5, 5.41) is 9.26. The van der Waals surface area contributed by atoms with Crippen LogP contribution in [0.4, 0.5) is 0 Å². The lowest BCUT2D eigenvalue weighted by Crippen LogP contribution is -2.14. The molecule has 0 aliphatic rings. The number of hydrogen-bond acceptors (Lipinski definition) is 2. The molecule has 3 N–H and O–H groups in total. The Hall–Kier alpha value is -1.78. The number of nitrogens with zero attached hydrogens (tertiary/aromatic N) is 2. The van der Waals surface area contributed by atoms with Crippen LogP contribution in [0, 0.1) is 6.92 Å². The number of aryl methyl sites for hydroxylation is 2. The number of benzene rings is 1. The summed E-state index contributed by atoms with van der Waals surface area (Å²) >= 11 is 6.08. The lowest BCUT2D eigenvalue weighted by molar-refractivity contribution is 0.778. The van der Waals surface area contributed by atoms with Gasteiger partial charge in [0, 0.05) is 47.3 Å². The molecule has 5 heteroatoms. The molecule has 104 valence electrons. The van der Waals surface area contributed by atoms with Crippen molar-refractivity contribution in [2.75, 3.05) is 6.54 Å². The summed E-state index contributed by atoms with van der Waals surface area (Å²) in [7, 11) is 2.02. The van der Waals surface area contributed by atoms with E-state index in [2.05, 4.69) is 27.0 Å². The zero-order valence-electron chi connectivity index (χ0n) is 11.5. The first-order valence-electron chi connectivity index (χ1n) is 6.56. The Bertz CT molecular complexity index is 756. The normalized spacial score (nSPS) is 13.0. The summed E-state index contributed by atoms with van der Waals surface area (Å²) in [6.45, 7) is 2.51. The van der Waals surface area contributed by atoms with Crippen molar-refractivity contribution in [2.45, 2.75) is 12.8 Å². The highest BCUT2D eigenvalue weighted by Gasteiger charge is 2.20. The second kappa shape index (κ2) is 4.96. The third kappa shape index (κ3) is 2.11. The van der Waals surface area contributed by atoms with Crippen molar-refractivity contribution in [3.8, 4) is 0 Å². The molecule has 0 amide bonds.